The summed E-state index contributed by atoms with van der Waals surface area (Å²) in [5.41, 5.74) is 1.39. The van der Waals surface area contributed by atoms with Crippen LogP contribution in [-0.4, -0.2) is 60.0 Å². The second-order valence-corrected chi connectivity index (χ2v) is 7.85. The zero-order valence-corrected chi connectivity index (χ0v) is 15.7. The van der Waals surface area contributed by atoms with Crippen LogP contribution >= 0.6 is 11.8 Å². The van der Waals surface area contributed by atoms with Gasteiger partial charge in [0.15, 0.2) is 0 Å². The summed E-state index contributed by atoms with van der Waals surface area (Å²) in [6.45, 7) is 10.4. The molecule has 0 bridgehead atoms. The summed E-state index contributed by atoms with van der Waals surface area (Å²) in [6.07, 6.45) is 4.25. The maximum Gasteiger partial charge on any atom is 0.0446 e. The van der Waals surface area contributed by atoms with Crippen LogP contribution in [0, 0.1) is 5.92 Å². The Morgan fingerprint density at radius 3 is 2.57 bits per heavy atom. The third-order valence-corrected chi connectivity index (χ3v) is 5.45. The molecular weight excluding hydrogens is 304 g/mol. The first-order chi connectivity index (χ1) is 11.1. The third kappa shape index (κ3) is 6.11. The lowest BCUT2D eigenvalue weighted by Gasteiger charge is -2.41. The van der Waals surface area contributed by atoms with Gasteiger partial charge in [-0.05, 0) is 49.3 Å². The van der Waals surface area contributed by atoms with Crippen molar-refractivity contribution < 1.29 is 5.11 Å². The normalized spacial score (nSPS) is 20.3. The maximum atomic E-state index is 9.40. The van der Waals surface area contributed by atoms with Crippen molar-refractivity contribution in [2.75, 3.05) is 39.0 Å². The molecule has 0 unspecified atom stereocenters. The van der Waals surface area contributed by atoms with Crippen molar-refractivity contribution in [1.82, 2.24) is 9.80 Å². The molecule has 1 atom stereocenters. The maximum absolute atomic E-state index is 9.40. The average molecular weight is 337 g/mol. The van der Waals surface area contributed by atoms with E-state index < -0.39 is 0 Å². The number of aliphatic hydroxyl groups excluding tert-OH is 1. The van der Waals surface area contributed by atoms with Crippen LogP contribution in [0.1, 0.15) is 32.3 Å². The van der Waals surface area contributed by atoms with Gasteiger partial charge in [-0.3, -0.25) is 9.80 Å². The molecule has 0 amide bonds. The second-order valence-electron chi connectivity index (χ2n) is 6.97. The number of benzene rings is 1. The summed E-state index contributed by atoms with van der Waals surface area (Å²) < 4.78 is 0. The number of hydrogen-bond acceptors (Lipinski definition) is 4. The molecular formula is C19H32N2OS. The summed E-state index contributed by atoms with van der Waals surface area (Å²) in [5, 5.41) is 9.40. The topological polar surface area (TPSA) is 26.7 Å². The minimum Gasteiger partial charge on any atom is -0.396 e. The number of thioether (sulfide) groups is 1. The van der Waals surface area contributed by atoms with E-state index in [0.29, 0.717) is 12.6 Å². The Bertz CT molecular complexity index is 449. The van der Waals surface area contributed by atoms with E-state index in [0.717, 1.165) is 38.5 Å². The highest BCUT2D eigenvalue weighted by Crippen LogP contribution is 2.19. The predicted molar refractivity (Wildman–Crippen MR) is 100 cm³/mol. The highest BCUT2D eigenvalue weighted by Gasteiger charge is 2.26. The fraction of sp³-hybridized carbons (Fsp3) is 0.684. The Kier molecular flexibility index (Phi) is 7.90. The molecule has 1 aromatic carbocycles. The van der Waals surface area contributed by atoms with E-state index in [-0.39, 0.29) is 0 Å². The zero-order chi connectivity index (χ0) is 16.7. The standard InChI is InChI=1S/C19H32N2OS/c1-16(2)8-10-21-12-11-20(15-18(21)9-13-22)14-17-4-6-19(23-3)7-5-17/h4-7,16,18,22H,8-15H2,1-3H3/t18-/m1/s1. The first-order valence-electron chi connectivity index (χ1n) is 8.82. The summed E-state index contributed by atoms with van der Waals surface area (Å²) in [6, 6.07) is 9.42. The molecule has 1 aliphatic rings. The Hall–Kier alpha value is -0.550. The molecule has 130 valence electrons. The molecule has 1 fully saturated rings. The molecule has 1 heterocycles. The van der Waals surface area contributed by atoms with Crippen LogP contribution in [0.15, 0.2) is 29.2 Å². The van der Waals surface area contributed by atoms with Crippen LogP contribution in [0.3, 0.4) is 0 Å². The van der Waals surface area contributed by atoms with Gasteiger partial charge in [-0.1, -0.05) is 26.0 Å². The first kappa shape index (κ1) is 18.8. The highest BCUT2D eigenvalue weighted by molar-refractivity contribution is 7.98. The summed E-state index contributed by atoms with van der Waals surface area (Å²) in [7, 11) is 0. The fourth-order valence-electron chi connectivity index (χ4n) is 3.23. The van der Waals surface area contributed by atoms with E-state index in [1.807, 2.05) is 0 Å². The lowest BCUT2D eigenvalue weighted by Crippen LogP contribution is -2.53. The van der Waals surface area contributed by atoms with Crippen molar-refractivity contribution >= 4 is 11.8 Å². The van der Waals surface area contributed by atoms with Gasteiger partial charge in [0, 0.05) is 43.7 Å². The Morgan fingerprint density at radius 1 is 1.22 bits per heavy atom. The van der Waals surface area contributed by atoms with Crippen molar-refractivity contribution in [3.8, 4) is 0 Å². The Labute approximate surface area is 146 Å². The summed E-state index contributed by atoms with van der Waals surface area (Å²) in [5.74, 6) is 0.748. The monoisotopic (exact) mass is 336 g/mol. The van der Waals surface area contributed by atoms with E-state index in [1.165, 1.54) is 23.4 Å². The SMILES string of the molecule is CSc1ccc(CN2CCN(CCC(C)C)[C@H](CCO)C2)cc1. The largest absolute Gasteiger partial charge is 0.396 e. The van der Waals surface area contributed by atoms with E-state index in [9.17, 15) is 5.11 Å². The number of nitrogens with zero attached hydrogens (tertiary/aromatic N) is 2. The molecule has 4 heteroatoms. The van der Waals surface area contributed by atoms with Gasteiger partial charge < -0.3 is 5.11 Å². The van der Waals surface area contributed by atoms with E-state index in [2.05, 4.69) is 54.2 Å². The summed E-state index contributed by atoms with van der Waals surface area (Å²) >= 11 is 1.79. The molecule has 0 aromatic heterocycles. The van der Waals surface area contributed by atoms with Gasteiger partial charge in [0.1, 0.15) is 0 Å². The molecule has 1 N–H and O–H groups in total. The summed E-state index contributed by atoms with van der Waals surface area (Å²) in [4.78, 5) is 6.45. The van der Waals surface area contributed by atoms with Gasteiger partial charge in [0.05, 0.1) is 0 Å². The average Bonchev–Trinajstić information content (AvgIpc) is 2.55. The molecule has 2 rings (SSSR count). The van der Waals surface area contributed by atoms with Crippen molar-refractivity contribution in [1.29, 1.82) is 0 Å². The molecule has 0 spiro atoms. The van der Waals surface area contributed by atoms with Gasteiger partial charge in [-0.2, -0.15) is 0 Å². The highest BCUT2D eigenvalue weighted by atomic mass is 32.2. The quantitative estimate of drug-likeness (QED) is 0.737. The van der Waals surface area contributed by atoms with Gasteiger partial charge in [-0.25, -0.2) is 0 Å². The van der Waals surface area contributed by atoms with Crippen molar-refractivity contribution in [3.05, 3.63) is 29.8 Å². The minimum absolute atomic E-state index is 0.291. The van der Waals surface area contributed by atoms with Crippen LogP contribution < -0.4 is 0 Å². The molecule has 0 aliphatic carbocycles. The van der Waals surface area contributed by atoms with Crippen LogP contribution in [0.5, 0.6) is 0 Å². The van der Waals surface area contributed by atoms with Crippen molar-refractivity contribution in [2.45, 2.75) is 44.2 Å². The number of piperazine rings is 1. The lowest BCUT2D eigenvalue weighted by molar-refractivity contribution is 0.0524. The second kappa shape index (κ2) is 9.67. The van der Waals surface area contributed by atoms with Crippen molar-refractivity contribution in [2.24, 2.45) is 5.92 Å². The van der Waals surface area contributed by atoms with Gasteiger partial charge in [0.2, 0.25) is 0 Å². The number of hydrogen-bond donors (Lipinski definition) is 1. The molecule has 3 nitrogen and oxygen atoms in total. The van der Waals surface area contributed by atoms with Crippen LogP contribution in [-0.2, 0) is 6.54 Å². The van der Waals surface area contributed by atoms with Crippen LogP contribution in [0.2, 0.25) is 0 Å². The predicted octanol–water partition coefficient (Wildman–Crippen LogP) is 3.32. The van der Waals surface area contributed by atoms with Gasteiger partial charge >= 0.3 is 0 Å². The fourth-order valence-corrected chi connectivity index (χ4v) is 3.64. The van der Waals surface area contributed by atoms with E-state index in [1.54, 1.807) is 11.8 Å². The van der Waals surface area contributed by atoms with E-state index >= 15 is 0 Å². The van der Waals surface area contributed by atoms with E-state index in [4.69, 9.17) is 0 Å². The lowest BCUT2D eigenvalue weighted by atomic mass is 10.0. The number of aliphatic hydroxyl groups is 1. The molecule has 0 radical (unpaired) electrons. The first-order valence-corrected chi connectivity index (χ1v) is 10.0. The molecule has 0 saturated carbocycles. The van der Waals surface area contributed by atoms with Crippen molar-refractivity contribution in [3.63, 3.8) is 0 Å². The zero-order valence-electron chi connectivity index (χ0n) is 14.9. The molecule has 1 aliphatic heterocycles. The number of rotatable bonds is 8. The third-order valence-electron chi connectivity index (χ3n) is 4.71. The van der Waals surface area contributed by atoms with Crippen LogP contribution in [0.25, 0.3) is 0 Å². The smallest absolute Gasteiger partial charge is 0.0446 e. The van der Waals surface area contributed by atoms with Gasteiger partial charge in [0.25, 0.3) is 0 Å². The Morgan fingerprint density at radius 2 is 1.96 bits per heavy atom. The Balaban J connectivity index is 1.89. The molecule has 1 aromatic rings. The van der Waals surface area contributed by atoms with Crippen LogP contribution in [0.4, 0.5) is 0 Å². The van der Waals surface area contributed by atoms with Gasteiger partial charge in [-0.15, -0.1) is 11.8 Å². The minimum atomic E-state index is 0.291. The molecule has 23 heavy (non-hydrogen) atoms. The molecule has 1 saturated heterocycles.